The lowest BCUT2D eigenvalue weighted by molar-refractivity contribution is -0.171. The van der Waals surface area contributed by atoms with E-state index in [1.807, 2.05) is 17.1 Å². The second-order valence-electron chi connectivity index (χ2n) is 7.37. The van der Waals surface area contributed by atoms with Gasteiger partial charge in [-0.05, 0) is 19.3 Å². The van der Waals surface area contributed by atoms with E-state index in [1.54, 1.807) is 23.5 Å². The van der Waals surface area contributed by atoms with E-state index in [0.29, 0.717) is 18.8 Å². The number of carbonyl (C=O) groups excluding carboxylic acids is 1. The maximum absolute atomic E-state index is 14.9. The van der Waals surface area contributed by atoms with Crippen LogP contribution < -0.4 is 4.90 Å². The molecule has 0 aromatic carbocycles. The van der Waals surface area contributed by atoms with E-state index in [4.69, 9.17) is 0 Å². The van der Waals surface area contributed by atoms with Gasteiger partial charge in [-0.3, -0.25) is 9.78 Å². The van der Waals surface area contributed by atoms with Crippen molar-refractivity contribution >= 4 is 11.7 Å². The number of nitrogens with zero attached hydrogens (tertiary/aromatic N) is 4. The number of piperidine rings is 1. The number of alkyl halides is 2. The molecule has 1 amide bonds. The molecule has 0 N–H and O–H groups in total. The summed E-state index contributed by atoms with van der Waals surface area (Å²) in [4.78, 5) is 24.5. The third-order valence-corrected chi connectivity index (χ3v) is 5.86. The van der Waals surface area contributed by atoms with E-state index in [1.165, 1.54) is 0 Å². The zero-order valence-corrected chi connectivity index (χ0v) is 14.1. The van der Waals surface area contributed by atoms with Crippen LogP contribution in [0.3, 0.4) is 0 Å². The number of allylic oxidation sites excluding steroid dienone is 2. The maximum Gasteiger partial charge on any atom is 0.258 e. The van der Waals surface area contributed by atoms with Gasteiger partial charge < -0.3 is 9.80 Å². The van der Waals surface area contributed by atoms with Crippen molar-refractivity contribution in [3.63, 3.8) is 0 Å². The Bertz CT molecular complexity index is 673. The molecule has 25 heavy (non-hydrogen) atoms. The van der Waals surface area contributed by atoms with Crippen LogP contribution in [0.25, 0.3) is 0 Å². The third kappa shape index (κ3) is 2.79. The molecule has 3 heterocycles. The van der Waals surface area contributed by atoms with Crippen molar-refractivity contribution in [1.29, 1.82) is 0 Å². The second kappa shape index (κ2) is 6.04. The highest BCUT2D eigenvalue weighted by Crippen LogP contribution is 2.50. The minimum absolute atomic E-state index is 0.0258. The Hall–Kier alpha value is -2.05. The van der Waals surface area contributed by atoms with Crippen molar-refractivity contribution in [3.05, 3.63) is 30.7 Å². The molecule has 2 fully saturated rings. The topological polar surface area (TPSA) is 49.3 Å². The van der Waals surface area contributed by atoms with Gasteiger partial charge >= 0.3 is 0 Å². The SMILES string of the molecule is O=C(C1CC=CC1)N1CCC(F)(F)C2(CCN(c3cnccn3)C2)C1. The predicted octanol–water partition coefficient (Wildman–Crippen LogP) is 2.51. The third-order valence-electron chi connectivity index (χ3n) is 5.86. The second-order valence-corrected chi connectivity index (χ2v) is 7.37. The monoisotopic (exact) mass is 348 g/mol. The van der Waals surface area contributed by atoms with Gasteiger partial charge in [-0.2, -0.15) is 0 Å². The van der Waals surface area contributed by atoms with Gasteiger partial charge in [0.25, 0.3) is 5.92 Å². The first kappa shape index (κ1) is 16.4. The minimum Gasteiger partial charge on any atom is -0.354 e. The Balaban J connectivity index is 1.53. The van der Waals surface area contributed by atoms with Gasteiger partial charge in [0.05, 0.1) is 11.6 Å². The summed E-state index contributed by atoms with van der Waals surface area (Å²) in [6, 6.07) is 0. The lowest BCUT2D eigenvalue weighted by Gasteiger charge is -2.46. The van der Waals surface area contributed by atoms with Crippen LogP contribution in [0.15, 0.2) is 30.7 Å². The molecule has 1 aromatic rings. The van der Waals surface area contributed by atoms with Crippen molar-refractivity contribution < 1.29 is 13.6 Å². The maximum atomic E-state index is 14.9. The molecule has 134 valence electrons. The Morgan fingerprint density at radius 2 is 1.92 bits per heavy atom. The van der Waals surface area contributed by atoms with Crippen molar-refractivity contribution in [1.82, 2.24) is 14.9 Å². The predicted molar refractivity (Wildman–Crippen MR) is 89.3 cm³/mol. The summed E-state index contributed by atoms with van der Waals surface area (Å²) >= 11 is 0. The molecular weight excluding hydrogens is 326 g/mol. The first-order valence-electron chi connectivity index (χ1n) is 8.83. The standard InChI is InChI=1S/C18H22F2N4O/c19-18(20)6-10-24(16(25)14-3-1-2-4-14)13-17(18)5-9-23(12-17)15-11-21-7-8-22-15/h1-2,7-8,11,14H,3-6,9-10,12-13H2. The summed E-state index contributed by atoms with van der Waals surface area (Å²) in [5, 5.41) is 0. The molecule has 1 atom stereocenters. The molecule has 1 unspecified atom stereocenters. The highest BCUT2D eigenvalue weighted by molar-refractivity contribution is 5.80. The normalized spacial score (nSPS) is 28.9. The zero-order chi connectivity index (χ0) is 17.5. The number of hydrogen-bond donors (Lipinski definition) is 0. The van der Waals surface area contributed by atoms with Crippen molar-refractivity contribution in [3.8, 4) is 0 Å². The van der Waals surface area contributed by atoms with Gasteiger partial charge in [0.2, 0.25) is 5.91 Å². The number of halogens is 2. The number of anilines is 1. The van der Waals surface area contributed by atoms with E-state index in [-0.39, 0.29) is 37.9 Å². The Labute approximate surface area is 145 Å². The van der Waals surface area contributed by atoms with Gasteiger partial charge in [-0.15, -0.1) is 0 Å². The molecule has 0 saturated carbocycles. The molecule has 2 saturated heterocycles. The van der Waals surface area contributed by atoms with Crippen LogP contribution in [-0.4, -0.2) is 52.9 Å². The molecule has 1 spiro atoms. The van der Waals surface area contributed by atoms with Crippen LogP contribution in [0.2, 0.25) is 0 Å². The van der Waals surface area contributed by atoms with Gasteiger partial charge in [-0.25, -0.2) is 13.8 Å². The van der Waals surface area contributed by atoms with E-state index >= 15 is 0 Å². The fourth-order valence-corrected chi connectivity index (χ4v) is 4.32. The first-order valence-corrected chi connectivity index (χ1v) is 8.83. The highest BCUT2D eigenvalue weighted by atomic mass is 19.3. The minimum atomic E-state index is -2.77. The van der Waals surface area contributed by atoms with E-state index in [0.717, 1.165) is 12.8 Å². The lowest BCUT2D eigenvalue weighted by atomic mass is 9.75. The van der Waals surface area contributed by atoms with Crippen LogP contribution in [-0.2, 0) is 4.79 Å². The lowest BCUT2D eigenvalue weighted by Crippen LogP contribution is -2.59. The molecular formula is C18H22F2N4O. The highest BCUT2D eigenvalue weighted by Gasteiger charge is 2.60. The molecule has 7 heteroatoms. The van der Waals surface area contributed by atoms with Crippen molar-refractivity contribution in [2.24, 2.45) is 11.3 Å². The summed E-state index contributed by atoms with van der Waals surface area (Å²) in [7, 11) is 0. The summed E-state index contributed by atoms with van der Waals surface area (Å²) < 4.78 is 29.7. The van der Waals surface area contributed by atoms with Gasteiger partial charge in [0.1, 0.15) is 5.82 Å². The van der Waals surface area contributed by atoms with E-state index in [9.17, 15) is 13.6 Å². The van der Waals surface area contributed by atoms with Crippen molar-refractivity contribution in [2.75, 3.05) is 31.1 Å². The Morgan fingerprint density at radius 1 is 1.12 bits per heavy atom. The number of rotatable bonds is 2. The largest absolute Gasteiger partial charge is 0.354 e. The Kier molecular flexibility index (Phi) is 3.96. The smallest absolute Gasteiger partial charge is 0.258 e. The van der Waals surface area contributed by atoms with E-state index < -0.39 is 11.3 Å². The molecule has 5 nitrogen and oxygen atoms in total. The molecule has 1 aliphatic carbocycles. The molecule has 0 radical (unpaired) electrons. The zero-order valence-electron chi connectivity index (χ0n) is 14.1. The molecule has 4 rings (SSSR count). The van der Waals surface area contributed by atoms with Crippen LogP contribution >= 0.6 is 0 Å². The molecule has 1 aromatic heterocycles. The number of hydrogen-bond acceptors (Lipinski definition) is 4. The quantitative estimate of drug-likeness (QED) is 0.771. The first-order chi connectivity index (χ1) is 12.0. The number of likely N-dealkylation sites (tertiary alicyclic amines) is 1. The molecule has 3 aliphatic rings. The fraction of sp³-hybridized carbons (Fsp3) is 0.611. The van der Waals surface area contributed by atoms with Crippen LogP contribution in [0.1, 0.15) is 25.7 Å². The summed E-state index contributed by atoms with van der Waals surface area (Å²) in [6.07, 6.45) is 10.3. The number of aromatic nitrogens is 2. The number of amides is 1. The van der Waals surface area contributed by atoms with Gasteiger partial charge in [0.15, 0.2) is 0 Å². The molecule has 2 aliphatic heterocycles. The Morgan fingerprint density at radius 3 is 2.64 bits per heavy atom. The number of carbonyl (C=O) groups is 1. The average molecular weight is 348 g/mol. The van der Waals surface area contributed by atoms with Crippen molar-refractivity contribution in [2.45, 2.75) is 31.6 Å². The van der Waals surface area contributed by atoms with Gasteiger partial charge in [0, 0.05) is 50.9 Å². The van der Waals surface area contributed by atoms with Crippen LogP contribution in [0.5, 0.6) is 0 Å². The summed E-state index contributed by atoms with van der Waals surface area (Å²) in [5.41, 5.74) is -1.19. The van der Waals surface area contributed by atoms with Crippen LogP contribution in [0, 0.1) is 11.3 Å². The summed E-state index contributed by atoms with van der Waals surface area (Å²) in [6.45, 7) is 1.01. The molecule has 0 bridgehead atoms. The van der Waals surface area contributed by atoms with Gasteiger partial charge in [-0.1, -0.05) is 12.2 Å². The fourth-order valence-electron chi connectivity index (χ4n) is 4.32. The van der Waals surface area contributed by atoms with E-state index in [2.05, 4.69) is 9.97 Å². The summed E-state index contributed by atoms with van der Waals surface area (Å²) in [5.74, 6) is -2.19. The van der Waals surface area contributed by atoms with Crippen LogP contribution in [0.4, 0.5) is 14.6 Å². The average Bonchev–Trinajstić information content (AvgIpc) is 3.29.